The summed E-state index contributed by atoms with van der Waals surface area (Å²) in [4.78, 5) is 15.7. The Morgan fingerprint density at radius 3 is 2.64 bits per heavy atom. The van der Waals surface area contributed by atoms with E-state index in [1.807, 2.05) is 24.5 Å². The molecular weight excluding hydrogens is 366 g/mol. The van der Waals surface area contributed by atoms with Crippen LogP contribution >= 0.6 is 0 Å². The van der Waals surface area contributed by atoms with Gasteiger partial charge in [-0.05, 0) is 36.2 Å². The summed E-state index contributed by atoms with van der Waals surface area (Å²) in [5, 5.41) is 16.6. The van der Waals surface area contributed by atoms with E-state index in [-0.39, 0.29) is 17.3 Å². The zero-order valence-electron chi connectivity index (χ0n) is 15.3. The second kappa shape index (κ2) is 6.70. The van der Waals surface area contributed by atoms with Crippen LogP contribution in [0.2, 0.25) is 0 Å². The third-order valence-corrected chi connectivity index (χ3v) is 4.72. The molecule has 4 aromatic rings. The van der Waals surface area contributed by atoms with E-state index in [1.165, 1.54) is 12.1 Å². The fourth-order valence-corrected chi connectivity index (χ4v) is 3.61. The molecule has 0 saturated heterocycles. The number of aliphatic carboxylic acids is 1. The molecule has 0 amide bonds. The Bertz CT molecular complexity index is 1180. The van der Waals surface area contributed by atoms with Crippen LogP contribution in [-0.2, 0) is 4.79 Å². The highest BCUT2D eigenvalue weighted by Crippen LogP contribution is 2.40. The number of hydrogen-bond donors (Lipinski definition) is 2. The lowest BCUT2D eigenvalue weighted by atomic mass is 9.99. The maximum atomic E-state index is 15.1. The molecule has 0 bridgehead atoms. The molecule has 8 heteroatoms. The number of aromatic nitrogens is 4. The molecule has 1 atom stereocenters. The quantitative estimate of drug-likeness (QED) is 0.525. The third kappa shape index (κ3) is 2.90. The number of nitrogens with zero attached hydrogens (tertiary/aromatic N) is 3. The maximum Gasteiger partial charge on any atom is 0.306 e. The molecule has 0 aliphatic heterocycles. The number of nitrogens with one attached hydrogen (secondary N) is 1. The van der Waals surface area contributed by atoms with Crippen LogP contribution in [0, 0.1) is 5.82 Å². The van der Waals surface area contributed by atoms with Crippen molar-refractivity contribution in [3.05, 3.63) is 53.6 Å². The van der Waals surface area contributed by atoms with Crippen molar-refractivity contribution < 1.29 is 18.7 Å². The second-order valence-corrected chi connectivity index (χ2v) is 6.99. The molecule has 144 valence electrons. The lowest BCUT2D eigenvalue weighted by molar-refractivity contribution is -0.138. The van der Waals surface area contributed by atoms with E-state index < -0.39 is 18.6 Å². The van der Waals surface area contributed by atoms with Gasteiger partial charge in [0.1, 0.15) is 12.0 Å². The zero-order valence-corrected chi connectivity index (χ0v) is 15.3. The number of aromatic amines is 1. The number of hydrogen-bond acceptors (Lipinski definition) is 3. The van der Waals surface area contributed by atoms with Crippen molar-refractivity contribution in [2.45, 2.75) is 32.4 Å². The zero-order chi connectivity index (χ0) is 20.0. The van der Waals surface area contributed by atoms with Gasteiger partial charge in [0.05, 0.1) is 23.7 Å². The average Bonchev–Trinajstić information content (AvgIpc) is 3.21. The highest BCUT2D eigenvalue weighted by Gasteiger charge is 2.29. The number of carboxylic acid groups (broad SMARTS) is 1. The SMILES string of the molecule is CC(C)c1c([C@@H](F)CC(=O)O)c2nc3[nH]ncc3cc2n1-c1ccc(F)cc1. The van der Waals surface area contributed by atoms with Crippen LogP contribution < -0.4 is 0 Å². The highest BCUT2D eigenvalue weighted by molar-refractivity contribution is 5.93. The van der Waals surface area contributed by atoms with Gasteiger partial charge >= 0.3 is 5.97 Å². The number of alkyl halides is 1. The van der Waals surface area contributed by atoms with Crippen LogP contribution in [0.1, 0.15) is 43.6 Å². The molecule has 3 heterocycles. The molecule has 0 radical (unpaired) electrons. The van der Waals surface area contributed by atoms with Gasteiger partial charge in [0.15, 0.2) is 5.65 Å². The molecule has 3 aromatic heterocycles. The van der Waals surface area contributed by atoms with Crippen LogP contribution in [0.4, 0.5) is 8.78 Å². The molecule has 1 aromatic carbocycles. The second-order valence-electron chi connectivity index (χ2n) is 6.99. The van der Waals surface area contributed by atoms with Gasteiger partial charge in [0.2, 0.25) is 0 Å². The monoisotopic (exact) mass is 384 g/mol. The summed E-state index contributed by atoms with van der Waals surface area (Å²) in [5.41, 5.74) is 2.99. The van der Waals surface area contributed by atoms with Crippen molar-refractivity contribution in [2.75, 3.05) is 0 Å². The first-order valence-electron chi connectivity index (χ1n) is 8.87. The first-order chi connectivity index (χ1) is 13.4. The minimum atomic E-state index is -1.73. The van der Waals surface area contributed by atoms with Crippen molar-refractivity contribution in [2.24, 2.45) is 0 Å². The first kappa shape index (κ1) is 18.1. The molecule has 0 aliphatic carbocycles. The summed E-state index contributed by atoms with van der Waals surface area (Å²) in [7, 11) is 0. The molecule has 28 heavy (non-hydrogen) atoms. The number of carbonyl (C=O) groups is 1. The molecule has 0 aliphatic rings. The topological polar surface area (TPSA) is 83.8 Å². The Balaban J connectivity index is 2.11. The fraction of sp³-hybridized carbons (Fsp3) is 0.250. The Morgan fingerprint density at radius 2 is 2.00 bits per heavy atom. The van der Waals surface area contributed by atoms with Crippen molar-refractivity contribution >= 4 is 28.0 Å². The predicted octanol–water partition coefficient (Wildman–Crippen LogP) is 4.65. The fourth-order valence-electron chi connectivity index (χ4n) is 3.61. The van der Waals surface area contributed by atoms with Gasteiger partial charge in [0.25, 0.3) is 0 Å². The number of fused-ring (bicyclic) bond motifs is 2. The Labute approximate surface area is 158 Å². The van der Waals surface area contributed by atoms with Crippen LogP contribution in [-0.4, -0.2) is 30.8 Å². The number of benzene rings is 1. The van der Waals surface area contributed by atoms with Gasteiger partial charge in [0, 0.05) is 22.3 Å². The molecule has 4 rings (SSSR count). The Hall–Kier alpha value is -3.29. The molecule has 0 spiro atoms. The van der Waals surface area contributed by atoms with Crippen molar-refractivity contribution in [3.63, 3.8) is 0 Å². The lowest BCUT2D eigenvalue weighted by Crippen LogP contribution is -2.08. The molecule has 0 saturated carbocycles. The third-order valence-electron chi connectivity index (χ3n) is 4.72. The summed E-state index contributed by atoms with van der Waals surface area (Å²) in [6.45, 7) is 3.80. The van der Waals surface area contributed by atoms with E-state index in [9.17, 15) is 9.18 Å². The van der Waals surface area contributed by atoms with E-state index in [0.717, 1.165) is 5.39 Å². The van der Waals surface area contributed by atoms with Crippen LogP contribution in [0.5, 0.6) is 0 Å². The van der Waals surface area contributed by atoms with Gasteiger partial charge in [-0.1, -0.05) is 13.8 Å². The molecule has 6 nitrogen and oxygen atoms in total. The van der Waals surface area contributed by atoms with Crippen molar-refractivity contribution in [3.8, 4) is 5.69 Å². The number of halogens is 2. The van der Waals surface area contributed by atoms with Crippen LogP contribution in [0.3, 0.4) is 0 Å². The number of pyridine rings is 1. The van der Waals surface area contributed by atoms with Crippen molar-refractivity contribution in [1.82, 2.24) is 19.7 Å². The van der Waals surface area contributed by atoms with E-state index >= 15 is 4.39 Å². The highest BCUT2D eigenvalue weighted by atomic mass is 19.1. The normalized spacial score (nSPS) is 12.9. The van der Waals surface area contributed by atoms with Crippen LogP contribution in [0.25, 0.3) is 27.8 Å². The molecule has 0 unspecified atom stereocenters. The van der Waals surface area contributed by atoms with E-state index in [1.54, 1.807) is 18.3 Å². The number of H-pyrrole nitrogens is 1. The summed E-state index contributed by atoms with van der Waals surface area (Å²) >= 11 is 0. The largest absolute Gasteiger partial charge is 0.481 e. The average molecular weight is 384 g/mol. The van der Waals surface area contributed by atoms with Gasteiger partial charge in [-0.25, -0.2) is 13.8 Å². The lowest BCUT2D eigenvalue weighted by Gasteiger charge is -2.16. The molecular formula is C20H18F2N4O2. The minimum Gasteiger partial charge on any atom is -0.481 e. The van der Waals surface area contributed by atoms with E-state index in [0.29, 0.717) is 28.1 Å². The minimum absolute atomic E-state index is 0.127. The number of rotatable bonds is 5. The number of carboxylic acids is 1. The maximum absolute atomic E-state index is 15.1. The standard InChI is InChI=1S/C20H18F2N4O2/c1-10(2)19-17(14(22)8-16(27)28)18-15(7-11-9-23-25-20(11)24-18)26(19)13-5-3-12(21)4-6-13/h3-7,9-10,14H,8H2,1-2H3,(H,27,28)(H,23,24,25)/t14-/m0/s1. The summed E-state index contributed by atoms with van der Waals surface area (Å²) in [5.74, 6) is -1.73. The predicted molar refractivity (Wildman–Crippen MR) is 101 cm³/mol. The van der Waals surface area contributed by atoms with Gasteiger partial charge in [-0.3, -0.25) is 9.89 Å². The summed E-state index contributed by atoms with van der Waals surface area (Å²) in [6, 6.07) is 7.70. The summed E-state index contributed by atoms with van der Waals surface area (Å²) in [6.07, 6.45) is -0.778. The van der Waals surface area contributed by atoms with Gasteiger partial charge in [-0.15, -0.1) is 0 Å². The Morgan fingerprint density at radius 1 is 1.29 bits per heavy atom. The van der Waals surface area contributed by atoms with Crippen molar-refractivity contribution in [1.29, 1.82) is 0 Å². The van der Waals surface area contributed by atoms with Gasteiger partial charge < -0.3 is 9.67 Å². The van der Waals surface area contributed by atoms with E-state index in [2.05, 4.69) is 15.2 Å². The van der Waals surface area contributed by atoms with E-state index in [4.69, 9.17) is 5.11 Å². The first-order valence-corrected chi connectivity index (χ1v) is 8.87. The molecule has 0 fully saturated rings. The van der Waals surface area contributed by atoms with Crippen LogP contribution in [0.15, 0.2) is 36.5 Å². The smallest absolute Gasteiger partial charge is 0.306 e. The Kier molecular flexibility index (Phi) is 4.33. The summed E-state index contributed by atoms with van der Waals surface area (Å²) < 4.78 is 30.4. The molecule has 2 N–H and O–H groups in total. The van der Waals surface area contributed by atoms with Gasteiger partial charge in [-0.2, -0.15) is 5.10 Å².